The topological polar surface area (TPSA) is 42.4 Å². The molecule has 1 aliphatic carbocycles. The minimum atomic E-state index is -0.0612. The van der Waals surface area contributed by atoms with Gasteiger partial charge in [-0.2, -0.15) is 0 Å². The van der Waals surface area contributed by atoms with Gasteiger partial charge < -0.3 is 4.74 Å². The van der Waals surface area contributed by atoms with Crippen LogP contribution in [0.2, 0.25) is 0 Å². The van der Waals surface area contributed by atoms with E-state index >= 15 is 0 Å². The number of ether oxygens (including phenoxy) is 1. The molecule has 18 heavy (non-hydrogen) atoms. The Morgan fingerprint density at radius 3 is 3.22 bits per heavy atom. The van der Waals surface area contributed by atoms with Gasteiger partial charge in [0.2, 0.25) is 0 Å². The van der Waals surface area contributed by atoms with E-state index in [1.165, 1.54) is 31.2 Å². The fourth-order valence-electron chi connectivity index (χ4n) is 3.52. The number of rotatable bonds is 3. The second-order valence-corrected chi connectivity index (χ2v) is 6.19. The number of esters is 1. The first kappa shape index (κ1) is 12.1. The highest BCUT2D eigenvalue weighted by Gasteiger charge is 2.47. The van der Waals surface area contributed by atoms with Gasteiger partial charge in [0.05, 0.1) is 12.6 Å². The SMILES string of the molecule is COC(=O)[C@@H]1[C@H]2CCC[C@@H]2CN1Cc1cncs1. The molecule has 1 aromatic heterocycles. The van der Waals surface area contributed by atoms with Crippen LogP contribution in [-0.4, -0.2) is 35.5 Å². The highest BCUT2D eigenvalue weighted by Crippen LogP contribution is 2.43. The Morgan fingerprint density at radius 2 is 2.50 bits per heavy atom. The van der Waals surface area contributed by atoms with Gasteiger partial charge in [0.25, 0.3) is 0 Å². The molecule has 0 amide bonds. The van der Waals surface area contributed by atoms with E-state index in [9.17, 15) is 4.79 Å². The van der Waals surface area contributed by atoms with E-state index in [1.54, 1.807) is 11.3 Å². The van der Waals surface area contributed by atoms with Gasteiger partial charge in [-0.1, -0.05) is 6.42 Å². The normalized spacial score (nSPS) is 31.5. The molecule has 5 heteroatoms. The zero-order chi connectivity index (χ0) is 12.5. The number of likely N-dealkylation sites (tertiary alicyclic amines) is 1. The summed E-state index contributed by atoms with van der Waals surface area (Å²) in [5.41, 5.74) is 1.85. The lowest BCUT2D eigenvalue weighted by Gasteiger charge is -2.24. The van der Waals surface area contributed by atoms with Gasteiger partial charge in [0.15, 0.2) is 0 Å². The average Bonchev–Trinajstić information content (AvgIpc) is 3.04. The summed E-state index contributed by atoms with van der Waals surface area (Å²) >= 11 is 1.65. The largest absolute Gasteiger partial charge is 0.468 e. The number of carbonyl (C=O) groups is 1. The minimum Gasteiger partial charge on any atom is -0.468 e. The van der Waals surface area contributed by atoms with E-state index in [4.69, 9.17) is 4.74 Å². The molecule has 0 bridgehead atoms. The van der Waals surface area contributed by atoms with E-state index in [2.05, 4.69) is 9.88 Å². The summed E-state index contributed by atoms with van der Waals surface area (Å²) < 4.78 is 5.00. The van der Waals surface area contributed by atoms with E-state index < -0.39 is 0 Å². The predicted octanol–water partition coefficient (Wildman–Crippen LogP) is 1.92. The van der Waals surface area contributed by atoms with Gasteiger partial charge in [0, 0.05) is 24.2 Å². The van der Waals surface area contributed by atoms with Crippen molar-refractivity contribution in [1.29, 1.82) is 0 Å². The predicted molar refractivity (Wildman–Crippen MR) is 69.2 cm³/mol. The molecule has 1 aromatic rings. The van der Waals surface area contributed by atoms with Crippen molar-refractivity contribution in [3.63, 3.8) is 0 Å². The fourth-order valence-corrected chi connectivity index (χ4v) is 4.14. The first-order valence-corrected chi connectivity index (χ1v) is 7.37. The third-order valence-electron chi connectivity index (χ3n) is 4.27. The Balaban J connectivity index is 1.77. The minimum absolute atomic E-state index is 0.0374. The van der Waals surface area contributed by atoms with Crippen molar-refractivity contribution in [1.82, 2.24) is 9.88 Å². The van der Waals surface area contributed by atoms with Crippen molar-refractivity contribution in [2.75, 3.05) is 13.7 Å². The standard InChI is InChI=1S/C13H18N2O2S/c1-17-13(16)12-11-4-2-3-9(11)6-15(12)7-10-5-14-8-18-10/h5,8-9,11-12H,2-4,6-7H2,1H3/t9-,11+,12+/m1/s1. The maximum atomic E-state index is 12.0. The molecule has 3 rings (SSSR count). The Labute approximate surface area is 111 Å². The number of fused-ring (bicyclic) bond motifs is 1. The fraction of sp³-hybridized carbons (Fsp3) is 0.692. The number of methoxy groups -OCH3 is 1. The zero-order valence-corrected chi connectivity index (χ0v) is 11.4. The van der Waals surface area contributed by atoms with Crippen molar-refractivity contribution in [2.45, 2.75) is 31.8 Å². The lowest BCUT2D eigenvalue weighted by molar-refractivity contribution is -0.147. The van der Waals surface area contributed by atoms with Gasteiger partial charge in [-0.15, -0.1) is 11.3 Å². The number of nitrogens with zero attached hydrogens (tertiary/aromatic N) is 2. The van der Waals surface area contributed by atoms with E-state index in [0.717, 1.165) is 13.1 Å². The van der Waals surface area contributed by atoms with Gasteiger partial charge in [0.1, 0.15) is 6.04 Å². The number of carbonyl (C=O) groups excluding carboxylic acids is 1. The maximum Gasteiger partial charge on any atom is 0.323 e. The number of aromatic nitrogens is 1. The molecule has 3 atom stereocenters. The van der Waals surface area contributed by atoms with E-state index in [0.29, 0.717) is 11.8 Å². The van der Waals surface area contributed by atoms with Gasteiger partial charge in [-0.25, -0.2) is 0 Å². The summed E-state index contributed by atoms with van der Waals surface area (Å²) in [6, 6.07) is -0.0374. The van der Waals surface area contributed by atoms with Crippen molar-refractivity contribution >= 4 is 17.3 Å². The summed E-state index contributed by atoms with van der Waals surface area (Å²) in [6.07, 6.45) is 5.59. The van der Waals surface area contributed by atoms with E-state index in [-0.39, 0.29) is 12.0 Å². The first-order chi connectivity index (χ1) is 8.79. The molecule has 1 saturated heterocycles. The summed E-state index contributed by atoms with van der Waals surface area (Å²) in [5, 5.41) is 0. The summed E-state index contributed by atoms with van der Waals surface area (Å²) in [6.45, 7) is 1.86. The average molecular weight is 266 g/mol. The van der Waals surface area contributed by atoms with Crippen LogP contribution in [0.25, 0.3) is 0 Å². The van der Waals surface area contributed by atoms with Gasteiger partial charge in [-0.3, -0.25) is 14.7 Å². The number of hydrogen-bond acceptors (Lipinski definition) is 5. The number of hydrogen-bond donors (Lipinski definition) is 0. The van der Waals surface area contributed by atoms with Crippen LogP contribution >= 0.6 is 11.3 Å². The molecule has 2 fully saturated rings. The van der Waals surface area contributed by atoms with Crippen LogP contribution in [0.15, 0.2) is 11.7 Å². The summed E-state index contributed by atoms with van der Waals surface area (Å²) in [7, 11) is 1.50. The smallest absolute Gasteiger partial charge is 0.323 e. The van der Waals surface area contributed by atoms with E-state index in [1.807, 2.05) is 11.7 Å². The molecule has 0 N–H and O–H groups in total. The second kappa shape index (κ2) is 4.97. The third kappa shape index (κ3) is 2.06. The third-order valence-corrected chi connectivity index (χ3v) is 5.04. The summed E-state index contributed by atoms with van der Waals surface area (Å²) in [5.74, 6) is 1.13. The molecule has 0 spiro atoms. The lowest BCUT2D eigenvalue weighted by atomic mass is 9.94. The molecular weight excluding hydrogens is 248 g/mol. The van der Waals surface area contributed by atoms with Gasteiger partial charge in [-0.05, 0) is 24.7 Å². The molecule has 98 valence electrons. The molecule has 4 nitrogen and oxygen atoms in total. The van der Waals surface area contributed by atoms with Crippen LogP contribution < -0.4 is 0 Å². The monoisotopic (exact) mass is 266 g/mol. The summed E-state index contributed by atoms with van der Waals surface area (Å²) in [4.78, 5) is 19.6. The van der Waals surface area contributed by atoms with Crippen molar-refractivity contribution in [3.8, 4) is 0 Å². The molecule has 0 aromatic carbocycles. The molecule has 2 heterocycles. The molecule has 0 unspecified atom stereocenters. The highest BCUT2D eigenvalue weighted by molar-refractivity contribution is 7.09. The van der Waals surface area contributed by atoms with Crippen molar-refractivity contribution in [2.24, 2.45) is 11.8 Å². The lowest BCUT2D eigenvalue weighted by Crippen LogP contribution is -2.39. The van der Waals surface area contributed by atoms with Crippen LogP contribution in [0.1, 0.15) is 24.1 Å². The van der Waals surface area contributed by atoms with Crippen molar-refractivity contribution in [3.05, 3.63) is 16.6 Å². The van der Waals surface area contributed by atoms with Crippen LogP contribution in [0.4, 0.5) is 0 Å². The molecule has 0 radical (unpaired) electrons. The molecular formula is C13H18N2O2S. The van der Waals surface area contributed by atoms with Gasteiger partial charge >= 0.3 is 5.97 Å². The van der Waals surface area contributed by atoms with Crippen LogP contribution in [0.3, 0.4) is 0 Å². The molecule has 2 aliphatic rings. The van der Waals surface area contributed by atoms with Crippen LogP contribution in [0, 0.1) is 11.8 Å². The Hall–Kier alpha value is -0.940. The second-order valence-electron chi connectivity index (χ2n) is 5.22. The zero-order valence-electron chi connectivity index (χ0n) is 10.5. The maximum absolute atomic E-state index is 12.0. The van der Waals surface area contributed by atoms with Crippen LogP contribution in [0.5, 0.6) is 0 Å². The Morgan fingerprint density at radius 1 is 1.61 bits per heavy atom. The Kier molecular flexibility index (Phi) is 3.35. The number of thiazole rings is 1. The highest BCUT2D eigenvalue weighted by atomic mass is 32.1. The van der Waals surface area contributed by atoms with Crippen LogP contribution in [-0.2, 0) is 16.1 Å². The quantitative estimate of drug-likeness (QED) is 0.784. The first-order valence-electron chi connectivity index (χ1n) is 6.49. The molecule has 1 aliphatic heterocycles. The molecule has 1 saturated carbocycles. The van der Waals surface area contributed by atoms with Crippen molar-refractivity contribution < 1.29 is 9.53 Å². The Bertz CT molecular complexity index is 421.